The molecule has 2 N–H and O–H groups in total. The van der Waals surface area contributed by atoms with Gasteiger partial charge in [0.2, 0.25) is 5.91 Å². The third-order valence-electron chi connectivity index (χ3n) is 3.43. The molecule has 0 saturated heterocycles. The van der Waals surface area contributed by atoms with E-state index >= 15 is 0 Å². The fraction of sp³-hybridized carbons (Fsp3) is 0.250. The number of fused-ring (bicyclic) bond motifs is 1. The van der Waals surface area contributed by atoms with Crippen molar-refractivity contribution in [2.24, 2.45) is 5.41 Å². The van der Waals surface area contributed by atoms with Gasteiger partial charge in [0.15, 0.2) is 5.76 Å². The number of hydrogen-bond acceptors (Lipinski definition) is 4. The fourth-order valence-corrected chi connectivity index (χ4v) is 2.05. The molecule has 2 amide bonds. The van der Waals surface area contributed by atoms with Crippen LogP contribution in [-0.2, 0) is 4.79 Å². The van der Waals surface area contributed by atoms with Gasteiger partial charge in [-0.2, -0.15) is 0 Å². The molecule has 22 heavy (non-hydrogen) atoms. The summed E-state index contributed by atoms with van der Waals surface area (Å²) in [5.41, 5.74) is 0.466. The number of carbonyl (C=O) groups excluding carboxylic acids is 2. The summed E-state index contributed by atoms with van der Waals surface area (Å²) < 4.78 is 10.7. The number of rotatable bonds is 2. The zero-order valence-electron chi connectivity index (χ0n) is 12.3. The molecule has 0 spiro atoms. The molecule has 0 saturated carbocycles. The summed E-state index contributed by atoms with van der Waals surface area (Å²) in [6.45, 7) is 3.92. The first-order valence-electron chi connectivity index (χ1n) is 6.89. The first-order chi connectivity index (χ1) is 10.5. The molecule has 0 fully saturated rings. The van der Waals surface area contributed by atoms with E-state index in [1.54, 1.807) is 30.3 Å². The SMILES string of the molecule is CC1(C)COc2ccc(NC(=O)c3ccco3)cc2NC1=O. The molecule has 0 radical (unpaired) electrons. The molecule has 0 atom stereocenters. The van der Waals surface area contributed by atoms with Gasteiger partial charge in [-0.1, -0.05) is 0 Å². The van der Waals surface area contributed by atoms with Crippen molar-refractivity contribution >= 4 is 23.2 Å². The Balaban J connectivity index is 1.83. The maximum atomic E-state index is 12.1. The van der Waals surface area contributed by atoms with Gasteiger partial charge in [0.05, 0.1) is 17.4 Å². The van der Waals surface area contributed by atoms with E-state index in [-0.39, 0.29) is 17.6 Å². The topological polar surface area (TPSA) is 80.6 Å². The minimum Gasteiger partial charge on any atom is -0.490 e. The molecular weight excluding hydrogens is 284 g/mol. The largest absolute Gasteiger partial charge is 0.490 e. The fourth-order valence-electron chi connectivity index (χ4n) is 2.05. The minimum absolute atomic E-state index is 0.124. The van der Waals surface area contributed by atoms with Crippen molar-refractivity contribution < 1.29 is 18.7 Å². The van der Waals surface area contributed by atoms with Gasteiger partial charge in [0.1, 0.15) is 12.4 Å². The van der Waals surface area contributed by atoms with Crippen LogP contribution in [-0.4, -0.2) is 18.4 Å². The molecule has 1 aromatic heterocycles. The van der Waals surface area contributed by atoms with Crippen LogP contribution >= 0.6 is 0 Å². The van der Waals surface area contributed by atoms with Gasteiger partial charge in [-0.05, 0) is 44.2 Å². The Hall–Kier alpha value is -2.76. The minimum atomic E-state index is -0.614. The standard InChI is InChI=1S/C16H16N2O4/c1-16(2)9-22-12-6-5-10(8-11(12)18-15(16)20)17-14(19)13-4-3-7-21-13/h3-8H,9H2,1-2H3,(H,17,19)(H,18,20). The van der Waals surface area contributed by atoms with E-state index in [4.69, 9.17) is 9.15 Å². The Morgan fingerprint density at radius 3 is 2.86 bits per heavy atom. The molecule has 1 aromatic carbocycles. The molecule has 0 bridgehead atoms. The lowest BCUT2D eigenvalue weighted by molar-refractivity contribution is -0.124. The lowest BCUT2D eigenvalue weighted by Gasteiger charge is -2.18. The summed E-state index contributed by atoms with van der Waals surface area (Å²) in [5, 5.41) is 5.53. The van der Waals surface area contributed by atoms with Crippen LogP contribution in [0.25, 0.3) is 0 Å². The van der Waals surface area contributed by atoms with Crippen LogP contribution < -0.4 is 15.4 Å². The van der Waals surface area contributed by atoms with Crippen molar-refractivity contribution in [2.75, 3.05) is 17.2 Å². The third-order valence-corrected chi connectivity index (χ3v) is 3.43. The number of anilines is 2. The molecule has 0 unspecified atom stereocenters. The Kier molecular flexibility index (Phi) is 3.36. The molecule has 2 heterocycles. The molecule has 6 heteroatoms. The predicted molar refractivity (Wildman–Crippen MR) is 81.0 cm³/mol. The normalized spacial score (nSPS) is 16.0. The van der Waals surface area contributed by atoms with E-state index in [0.717, 1.165) is 0 Å². The highest BCUT2D eigenvalue weighted by atomic mass is 16.5. The smallest absolute Gasteiger partial charge is 0.291 e. The highest BCUT2D eigenvalue weighted by molar-refractivity contribution is 6.03. The van der Waals surface area contributed by atoms with Crippen molar-refractivity contribution in [3.8, 4) is 5.75 Å². The van der Waals surface area contributed by atoms with Crippen LogP contribution in [0.5, 0.6) is 5.75 Å². The van der Waals surface area contributed by atoms with Gasteiger partial charge >= 0.3 is 0 Å². The monoisotopic (exact) mass is 300 g/mol. The molecule has 1 aliphatic heterocycles. The summed E-state index contributed by atoms with van der Waals surface area (Å²) in [4.78, 5) is 24.1. The van der Waals surface area contributed by atoms with Gasteiger partial charge in [0, 0.05) is 5.69 Å². The average Bonchev–Trinajstić information content (AvgIpc) is 2.97. The highest BCUT2D eigenvalue weighted by Gasteiger charge is 2.32. The number of nitrogens with one attached hydrogen (secondary N) is 2. The van der Waals surface area contributed by atoms with Crippen molar-refractivity contribution in [2.45, 2.75) is 13.8 Å². The maximum Gasteiger partial charge on any atom is 0.291 e. The zero-order chi connectivity index (χ0) is 15.7. The molecular formula is C16H16N2O4. The summed E-state index contributed by atoms with van der Waals surface area (Å²) >= 11 is 0. The van der Waals surface area contributed by atoms with E-state index in [1.165, 1.54) is 6.26 Å². The number of carbonyl (C=O) groups is 2. The van der Waals surface area contributed by atoms with E-state index in [0.29, 0.717) is 23.7 Å². The Bertz CT molecular complexity index is 720. The van der Waals surface area contributed by atoms with E-state index in [9.17, 15) is 9.59 Å². The van der Waals surface area contributed by atoms with Crippen molar-refractivity contribution in [3.63, 3.8) is 0 Å². The van der Waals surface area contributed by atoms with E-state index < -0.39 is 5.41 Å². The Labute approximate surface area is 127 Å². The quantitative estimate of drug-likeness (QED) is 0.893. The van der Waals surface area contributed by atoms with Crippen LogP contribution in [0.4, 0.5) is 11.4 Å². The van der Waals surface area contributed by atoms with Gasteiger partial charge in [-0.25, -0.2) is 0 Å². The zero-order valence-corrected chi connectivity index (χ0v) is 12.3. The second kappa shape index (κ2) is 5.22. The number of hydrogen-bond donors (Lipinski definition) is 2. The maximum absolute atomic E-state index is 12.1. The first-order valence-corrected chi connectivity index (χ1v) is 6.89. The predicted octanol–water partition coefficient (Wildman–Crippen LogP) is 2.89. The van der Waals surface area contributed by atoms with Gasteiger partial charge in [-0.3, -0.25) is 9.59 Å². The third kappa shape index (κ3) is 2.67. The molecule has 3 rings (SSSR count). The second-order valence-electron chi connectivity index (χ2n) is 5.77. The summed E-state index contributed by atoms with van der Waals surface area (Å²) in [5.74, 6) is 0.318. The summed E-state index contributed by atoms with van der Waals surface area (Å²) in [6.07, 6.45) is 1.43. The van der Waals surface area contributed by atoms with Crippen LogP contribution in [0.3, 0.4) is 0 Å². The van der Waals surface area contributed by atoms with Crippen LogP contribution in [0.15, 0.2) is 41.0 Å². The van der Waals surface area contributed by atoms with Gasteiger partial charge in [-0.15, -0.1) is 0 Å². The Morgan fingerprint density at radius 1 is 1.32 bits per heavy atom. The van der Waals surface area contributed by atoms with E-state index in [1.807, 2.05) is 13.8 Å². The van der Waals surface area contributed by atoms with Crippen molar-refractivity contribution in [3.05, 3.63) is 42.4 Å². The van der Waals surface area contributed by atoms with Crippen molar-refractivity contribution in [1.29, 1.82) is 0 Å². The van der Waals surface area contributed by atoms with Crippen LogP contribution in [0.2, 0.25) is 0 Å². The first kappa shape index (κ1) is 14.2. The lowest BCUT2D eigenvalue weighted by Crippen LogP contribution is -2.33. The summed E-state index contributed by atoms with van der Waals surface area (Å²) in [7, 11) is 0. The highest BCUT2D eigenvalue weighted by Crippen LogP contribution is 2.34. The van der Waals surface area contributed by atoms with Crippen LogP contribution in [0, 0.1) is 5.41 Å². The number of furan rings is 1. The molecule has 0 aliphatic carbocycles. The summed E-state index contributed by atoms with van der Waals surface area (Å²) in [6, 6.07) is 8.31. The molecule has 2 aromatic rings. The Morgan fingerprint density at radius 2 is 2.14 bits per heavy atom. The molecule has 6 nitrogen and oxygen atoms in total. The second-order valence-corrected chi connectivity index (χ2v) is 5.77. The average molecular weight is 300 g/mol. The number of ether oxygens (including phenoxy) is 1. The molecule has 114 valence electrons. The lowest BCUT2D eigenvalue weighted by atomic mass is 9.94. The van der Waals surface area contributed by atoms with E-state index in [2.05, 4.69) is 10.6 Å². The molecule has 1 aliphatic rings. The van der Waals surface area contributed by atoms with Crippen LogP contribution in [0.1, 0.15) is 24.4 Å². The number of amides is 2. The van der Waals surface area contributed by atoms with Crippen molar-refractivity contribution in [1.82, 2.24) is 0 Å². The van der Waals surface area contributed by atoms with Gasteiger partial charge < -0.3 is 19.8 Å². The van der Waals surface area contributed by atoms with Gasteiger partial charge in [0.25, 0.3) is 5.91 Å². The number of benzene rings is 1.